The molecule has 11 atom stereocenters. The molecule has 0 radical (unpaired) electrons. The Bertz CT molecular complexity index is 1050. The Morgan fingerprint density at radius 3 is 2.68 bits per heavy atom. The molecule has 7 aliphatic rings. The fraction of sp³-hybridized carbons (Fsp3) is 0.828. The van der Waals surface area contributed by atoms with Gasteiger partial charge in [0.1, 0.15) is 18.8 Å². The van der Waals surface area contributed by atoms with Crippen LogP contribution in [-0.4, -0.2) is 72.5 Å². The predicted molar refractivity (Wildman–Crippen MR) is 131 cm³/mol. The highest BCUT2D eigenvalue weighted by Gasteiger charge is 2.68. The Balaban J connectivity index is 1.18. The topological polar surface area (TPSA) is 104 Å². The number of aliphatic hydroxyl groups is 2. The van der Waals surface area contributed by atoms with E-state index in [1.165, 1.54) is 5.57 Å². The second-order valence-electron chi connectivity index (χ2n) is 13.1. The van der Waals surface area contributed by atoms with E-state index in [4.69, 9.17) is 23.7 Å². The molecule has 204 valence electrons. The zero-order chi connectivity index (χ0) is 25.8. The van der Waals surface area contributed by atoms with E-state index in [1.54, 1.807) is 13.2 Å². The summed E-state index contributed by atoms with van der Waals surface area (Å²) in [6, 6.07) is 0. The van der Waals surface area contributed by atoms with Crippen LogP contribution < -0.4 is 0 Å². The number of allylic oxidation sites excluding steroid dienone is 1. The van der Waals surface area contributed by atoms with Gasteiger partial charge in [-0.3, -0.25) is 0 Å². The lowest BCUT2D eigenvalue weighted by atomic mass is 9.45. The van der Waals surface area contributed by atoms with Crippen molar-refractivity contribution in [1.82, 2.24) is 0 Å². The molecule has 0 aromatic rings. The van der Waals surface area contributed by atoms with Crippen molar-refractivity contribution in [2.75, 3.05) is 20.3 Å². The summed E-state index contributed by atoms with van der Waals surface area (Å²) >= 11 is 0. The van der Waals surface area contributed by atoms with Crippen LogP contribution in [0.3, 0.4) is 0 Å². The minimum absolute atomic E-state index is 0.143. The second-order valence-corrected chi connectivity index (χ2v) is 13.1. The fourth-order valence-electron chi connectivity index (χ4n) is 9.81. The van der Waals surface area contributed by atoms with Crippen LogP contribution >= 0.6 is 0 Å². The summed E-state index contributed by atoms with van der Waals surface area (Å²) in [6.45, 7) is 5.40. The first-order valence-corrected chi connectivity index (χ1v) is 14.1. The smallest absolute Gasteiger partial charge is 0.331 e. The van der Waals surface area contributed by atoms with Crippen LogP contribution in [0.2, 0.25) is 0 Å². The highest BCUT2D eigenvalue weighted by molar-refractivity contribution is 5.85. The third kappa shape index (κ3) is 3.20. The summed E-state index contributed by atoms with van der Waals surface area (Å²) in [6.07, 6.45) is 8.71. The molecule has 5 fully saturated rings. The Morgan fingerprint density at radius 2 is 1.92 bits per heavy atom. The summed E-state index contributed by atoms with van der Waals surface area (Å²) in [4.78, 5) is 11.8. The number of carbonyl (C=O) groups excluding carboxylic acids is 1. The molecule has 3 saturated carbocycles. The lowest BCUT2D eigenvalue weighted by molar-refractivity contribution is -0.442. The van der Waals surface area contributed by atoms with Crippen LogP contribution in [0.25, 0.3) is 0 Å². The number of fused-ring (bicyclic) bond motifs is 7. The molecule has 0 spiro atoms. The van der Waals surface area contributed by atoms with Crippen molar-refractivity contribution >= 4 is 5.97 Å². The molecule has 2 N–H and O–H groups in total. The number of rotatable bonds is 2. The molecule has 8 nitrogen and oxygen atoms in total. The highest BCUT2D eigenvalue weighted by atomic mass is 16.8. The highest BCUT2D eigenvalue weighted by Crippen LogP contribution is 2.69. The summed E-state index contributed by atoms with van der Waals surface area (Å²) in [5, 5.41) is 23.9. The van der Waals surface area contributed by atoms with E-state index in [0.717, 1.165) is 50.5 Å². The van der Waals surface area contributed by atoms with Crippen molar-refractivity contribution in [2.45, 2.75) is 101 Å². The quantitative estimate of drug-likeness (QED) is 0.427. The van der Waals surface area contributed by atoms with Crippen LogP contribution in [-0.2, 0) is 28.5 Å². The summed E-state index contributed by atoms with van der Waals surface area (Å²) < 4.78 is 29.3. The summed E-state index contributed by atoms with van der Waals surface area (Å²) in [5.41, 5.74) is 1.27. The second kappa shape index (κ2) is 8.12. The molecular formula is C29H40O8. The third-order valence-electron chi connectivity index (χ3n) is 11.8. The molecule has 0 amide bonds. The number of hydrogen-bond donors (Lipinski definition) is 2. The van der Waals surface area contributed by atoms with Gasteiger partial charge in [0.2, 0.25) is 12.1 Å². The largest absolute Gasteiger partial charge is 0.458 e. The molecule has 2 saturated heterocycles. The molecule has 0 aromatic carbocycles. The van der Waals surface area contributed by atoms with Gasteiger partial charge in [0.25, 0.3) is 0 Å². The Hall–Kier alpha value is -1.29. The van der Waals surface area contributed by atoms with Crippen LogP contribution in [0, 0.1) is 28.6 Å². The van der Waals surface area contributed by atoms with E-state index < -0.39 is 23.8 Å². The van der Waals surface area contributed by atoms with E-state index in [1.807, 2.05) is 0 Å². The van der Waals surface area contributed by atoms with Gasteiger partial charge in [-0.05, 0) is 73.7 Å². The van der Waals surface area contributed by atoms with Crippen LogP contribution in [0.1, 0.15) is 65.2 Å². The molecule has 0 aromatic heterocycles. The summed E-state index contributed by atoms with van der Waals surface area (Å²) in [5.74, 6) is -1.20. The average Bonchev–Trinajstić information content (AvgIpc) is 3.40. The first kappa shape index (κ1) is 24.7. The maximum absolute atomic E-state index is 12.5. The van der Waals surface area contributed by atoms with E-state index in [2.05, 4.69) is 19.9 Å². The minimum atomic E-state index is -1.62. The average molecular weight is 517 g/mol. The van der Waals surface area contributed by atoms with Gasteiger partial charge in [0.05, 0.1) is 18.3 Å². The molecule has 0 unspecified atom stereocenters. The first-order chi connectivity index (χ1) is 17.6. The number of hydrogen-bond acceptors (Lipinski definition) is 8. The van der Waals surface area contributed by atoms with E-state index in [9.17, 15) is 15.0 Å². The van der Waals surface area contributed by atoms with E-state index >= 15 is 0 Å². The lowest BCUT2D eigenvalue weighted by Gasteiger charge is -2.63. The van der Waals surface area contributed by atoms with Crippen LogP contribution in [0.5, 0.6) is 0 Å². The van der Waals surface area contributed by atoms with E-state index in [0.29, 0.717) is 25.6 Å². The van der Waals surface area contributed by atoms with Gasteiger partial charge in [-0.2, -0.15) is 0 Å². The summed E-state index contributed by atoms with van der Waals surface area (Å²) in [7, 11) is 1.59. The van der Waals surface area contributed by atoms with Gasteiger partial charge >= 0.3 is 5.97 Å². The first-order valence-electron chi connectivity index (χ1n) is 14.1. The number of esters is 1. The maximum Gasteiger partial charge on any atom is 0.331 e. The van der Waals surface area contributed by atoms with Crippen LogP contribution in [0.4, 0.5) is 0 Å². The molecule has 0 bridgehead atoms. The van der Waals surface area contributed by atoms with Crippen molar-refractivity contribution in [3.05, 3.63) is 23.3 Å². The SMILES string of the molecule is CO[C@H]1CCO[C@H]2O[C@@H]3C=C4CC[C@@H]5[C@H](CC[C@]6(C)[C@@H](C7=CC(=O)OC7)CC[C@]56O)[C@@]4(C)C[C@H]3O[C@]21O. The molecular weight excluding hydrogens is 476 g/mol. The number of methoxy groups -OCH3 is 1. The van der Waals surface area contributed by atoms with Gasteiger partial charge in [-0.25, -0.2) is 4.79 Å². The van der Waals surface area contributed by atoms with Gasteiger partial charge in [0, 0.05) is 25.0 Å². The van der Waals surface area contributed by atoms with Gasteiger partial charge in [-0.1, -0.05) is 25.5 Å². The third-order valence-corrected chi connectivity index (χ3v) is 11.8. The van der Waals surface area contributed by atoms with Crippen molar-refractivity contribution in [3.8, 4) is 0 Å². The van der Waals surface area contributed by atoms with Crippen molar-refractivity contribution in [3.63, 3.8) is 0 Å². The van der Waals surface area contributed by atoms with Crippen molar-refractivity contribution in [2.24, 2.45) is 28.6 Å². The van der Waals surface area contributed by atoms with Crippen molar-refractivity contribution in [1.29, 1.82) is 0 Å². The molecule has 3 heterocycles. The predicted octanol–water partition coefficient (Wildman–Crippen LogP) is 3.01. The number of ether oxygens (including phenoxy) is 5. The maximum atomic E-state index is 12.5. The Morgan fingerprint density at radius 1 is 1.08 bits per heavy atom. The molecule has 3 aliphatic heterocycles. The number of carbonyl (C=O) groups is 1. The zero-order valence-corrected chi connectivity index (χ0v) is 22.1. The molecule has 8 heteroatoms. The fourth-order valence-corrected chi connectivity index (χ4v) is 9.81. The standard InChI is InChI=1S/C29H40O8/c1-26-14-22-21(36-25-29(32,37-22)23(33-3)8-11-34-25)13-17(26)4-5-20-19(26)6-9-27(2)18(7-10-28(20,27)31)16-12-24(30)35-15-16/h12-13,18-23,25,31-32H,4-11,14-15H2,1-3H3/t18-,19+,20-,21-,22-,23+,25+,26+,27-,28+,29+/m1/s1. The Kier molecular flexibility index (Phi) is 5.42. The molecule has 37 heavy (non-hydrogen) atoms. The zero-order valence-electron chi connectivity index (χ0n) is 22.1. The molecule has 7 rings (SSSR count). The van der Waals surface area contributed by atoms with E-state index in [-0.39, 0.29) is 40.8 Å². The van der Waals surface area contributed by atoms with Crippen molar-refractivity contribution < 1.29 is 38.7 Å². The lowest BCUT2D eigenvalue weighted by Crippen LogP contribution is -2.68. The molecule has 4 aliphatic carbocycles. The number of cyclic esters (lactones) is 1. The van der Waals surface area contributed by atoms with Gasteiger partial charge in [0.15, 0.2) is 0 Å². The van der Waals surface area contributed by atoms with Gasteiger partial charge < -0.3 is 33.9 Å². The minimum Gasteiger partial charge on any atom is -0.458 e. The van der Waals surface area contributed by atoms with Crippen LogP contribution in [0.15, 0.2) is 23.3 Å². The van der Waals surface area contributed by atoms with Gasteiger partial charge in [-0.15, -0.1) is 0 Å². The monoisotopic (exact) mass is 516 g/mol. The normalized spacial score (nSPS) is 54.6. The Labute approximate surface area is 218 Å².